The molecule has 116 valence electrons. The summed E-state index contributed by atoms with van der Waals surface area (Å²) in [6.45, 7) is 6.05. The molecule has 0 saturated carbocycles. The summed E-state index contributed by atoms with van der Waals surface area (Å²) in [7, 11) is -2.89. The van der Waals surface area contributed by atoms with Gasteiger partial charge in [0.2, 0.25) is 0 Å². The number of hydrogen-bond acceptors (Lipinski definition) is 4. The Kier molecular flexibility index (Phi) is 3.84. The fourth-order valence-electron chi connectivity index (χ4n) is 3.70. The molecule has 0 spiro atoms. The van der Waals surface area contributed by atoms with Crippen LogP contribution in [-0.2, 0) is 9.84 Å². The summed E-state index contributed by atoms with van der Waals surface area (Å²) in [6.07, 6.45) is 0.741. The van der Waals surface area contributed by atoms with Crippen LogP contribution in [-0.4, -0.2) is 49.5 Å². The van der Waals surface area contributed by atoms with Crippen molar-refractivity contribution in [2.24, 2.45) is 0 Å². The molecule has 2 heterocycles. The second-order valence-corrected chi connectivity index (χ2v) is 8.91. The van der Waals surface area contributed by atoms with Gasteiger partial charge in [-0.1, -0.05) is 30.3 Å². The monoisotopic (exact) mass is 308 g/mol. The predicted molar refractivity (Wildman–Crippen MR) is 85.0 cm³/mol. The number of piperazine rings is 1. The van der Waals surface area contributed by atoms with Gasteiger partial charge >= 0.3 is 0 Å². The molecule has 2 saturated heterocycles. The first-order chi connectivity index (χ1) is 9.90. The van der Waals surface area contributed by atoms with Crippen molar-refractivity contribution in [3.63, 3.8) is 0 Å². The highest BCUT2D eigenvalue weighted by Gasteiger charge is 2.46. The van der Waals surface area contributed by atoms with Gasteiger partial charge < -0.3 is 5.32 Å². The number of sulfone groups is 1. The van der Waals surface area contributed by atoms with Gasteiger partial charge in [0.1, 0.15) is 0 Å². The van der Waals surface area contributed by atoms with E-state index in [-0.39, 0.29) is 17.3 Å². The zero-order valence-electron chi connectivity index (χ0n) is 12.7. The molecular formula is C16H24N2O2S. The second kappa shape index (κ2) is 5.38. The van der Waals surface area contributed by atoms with Crippen LogP contribution in [0.15, 0.2) is 30.3 Å². The van der Waals surface area contributed by atoms with E-state index in [0.29, 0.717) is 11.8 Å². The third-order valence-electron chi connectivity index (χ3n) is 4.87. The standard InChI is InChI=1S/C16H24N2O2S/c1-13-11-18(16(2)8-9-21(19,20)12-16)15(10-17-13)14-6-4-3-5-7-14/h3-7,13,15,17H,8-12H2,1-2H3. The summed E-state index contributed by atoms with van der Waals surface area (Å²) < 4.78 is 23.9. The maximum absolute atomic E-state index is 12.0. The first kappa shape index (κ1) is 15.0. The van der Waals surface area contributed by atoms with Crippen LogP contribution < -0.4 is 5.32 Å². The second-order valence-electron chi connectivity index (χ2n) is 6.73. The van der Waals surface area contributed by atoms with E-state index in [4.69, 9.17) is 0 Å². The van der Waals surface area contributed by atoms with Gasteiger partial charge in [-0.15, -0.1) is 0 Å². The molecule has 1 aromatic rings. The Balaban J connectivity index is 1.92. The van der Waals surface area contributed by atoms with Crippen LogP contribution in [0.3, 0.4) is 0 Å². The number of nitrogens with zero attached hydrogens (tertiary/aromatic N) is 1. The largest absolute Gasteiger partial charge is 0.311 e. The van der Waals surface area contributed by atoms with E-state index in [1.807, 2.05) is 6.07 Å². The maximum Gasteiger partial charge on any atom is 0.152 e. The highest BCUT2D eigenvalue weighted by atomic mass is 32.2. The minimum absolute atomic E-state index is 0.240. The molecule has 3 rings (SSSR count). The maximum atomic E-state index is 12.0. The van der Waals surface area contributed by atoms with Crippen molar-refractivity contribution in [1.82, 2.24) is 10.2 Å². The molecule has 2 fully saturated rings. The van der Waals surface area contributed by atoms with Crippen LogP contribution in [0.5, 0.6) is 0 Å². The van der Waals surface area contributed by atoms with Gasteiger partial charge in [0, 0.05) is 30.7 Å². The van der Waals surface area contributed by atoms with Crippen molar-refractivity contribution in [2.75, 3.05) is 24.6 Å². The molecule has 0 bridgehead atoms. The van der Waals surface area contributed by atoms with Crippen LogP contribution in [0.4, 0.5) is 0 Å². The van der Waals surface area contributed by atoms with Crippen LogP contribution in [0, 0.1) is 0 Å². The number of benzene rings is 1. The van der Waals surface area contributed by atoms with E-state index in [9.17, 15) is 8.42 Å². The highest BCUT2D eigenvalue weighted by molar-refractivity contribution is 7.91. The summed E-state index contributed by atoms with van der Waals surface area (Å²) >= 11 is 0. The summed E-state index contributed by atoms with van der Waals surface area (Å²) in [5.41, 5.74) is 1.03. The van der Waals surface area contributed by atoms with E-state index >= 15 is 0 Å². The molecule has 0 aliphatic carbocycles. The average Bonchev–Trinajstić information content (AvgIpc) is 2.75. The molecule has 2 aliphatic rings. The van der Waals surface area contributed by atoms with Crippen molar-refractivity contribution >= 4 is 9.84 Å². The third kappa shape index (κ3) is 3.00. The van der Waals surface area contributed by atoms with Gasteiger partial charge in [0.25, 0.3) is 0 Å². The van der Waals surface area contributed by atoms with Crippen molar-refractivity contribution in [3.05, 3.63) is 35.9 Å². The molecule has 2 aliphatic heterocycles. The molecular weight excluding hydrogens is 284 g/mol. The zero-order valence-corrected chi connectivity index (χ0v) is 13.6. The fourth-order valence-corrected chi connectivity index (χ4v) is 5.85. The van der Waals surface area contributed by atoms with E-state index < -0.39 is 9.84 Å². The Hall–Kier alpha value is -0.910. The Morgan fingerprint density at radius 2 is 2.00 bits per heavy atom. The fraction of sp³-hybridized carbons (Fsp3) is 0.625. The van der Waals surface area contributed by atoms with Gasteiger partial charge in [0.15, 0.2) is 9.84 Å². The lowest BCUT2D eigenvalue weighted by Crippen LogP contribution is -2.59. The first-order valence-electron chi connectivity index (χ1n) is 7.65. The number of nitrogens with one attached hydrogen (secondary N) is 1. The van der Waals surface area contributed by atoms with Crippen molar-refractivity contribution < 1.29 is 8.42 Å². The quantitative estimate of drug-likeness (QED) is 0.901. The Morgan fingerprint density at radius 1 is 1.29 bits per heavy atom. The molecule has 5 heteroatoms. The minimum Gasteiger partial charge on any atom is -0.311 e. The Labute approximate surface area is 127 Å². The summed E-state index contributed by atoms with van der Waals surface area (Å²) in [6, 6.07) is 11.1. The SMILES string of the molecule is CC1CN(C2(C)CCS(=O)(=O)C2)C(c2ccccc2)CN1. The summed E-state index contributed by atoms with van der Waals surface area (Å²) in [5, 5.41) is 3.53. The average molecular weight is 308 g/mol. The smallest absolute Gasteiger partial charge is 0.152 e. The molecule has 3 atom stereocenters. The number of rotatable bonds is 2. The molecule has 21 heavy (non-hydrogen) atoms. The molecule has 0 amide bonds. The van der Waals surface area contributed by atoms with Gasteiger partial charge in [-0.3, -0.25) is 4.90 Å². The van der Waals surface area contributed by atoms with E-state index in [1.165, 1.54) is 5.56 Å². The van der Waals surface area contributed by atoms with Gasteiger partial charge in [-0.2, -0.15) is 0 Å². The normalized spacial score (nSPS) is 36.7. The summed E-state index contributed by atoms with van der Waals surface area (Å²) in [4.78, 5) is 2.42. The lowest BCUT2D eigenvalue weighted by molar-refractivity contribution is 0.0368. The van der Waals surface area contributed by atoms with Crippen molar-refractivity contribution in [1.29, 1.82) is 0 Å². The third-order valence-corrected chi connectivity index (χ3v) is 6.75. The molecule has 0 aromatic heterocycles. The van der Waals surface area contributed by atoms with Gasteiger partial charge in [-0.25, -0.2) is 8.42 Å². The highest BCUT2D eigenvalue weighted by Crippen LogP contribution is 2.37. The van der Waals surface area contributed by atoms with E-state index in [0.717, 1.165) is 19.5 Å². The van der Waals surface area contributed by atoms with Crippen LogP contribution >= 0.6 is 0 Å². The van der Waals surface area contributed by atoms with Crippen LogP contribution in [0.1, 0.15) is 31.9 Å². The summed E-state index contributed by atoms with van der Waals surface area (Å²) in [5.74, 6) is 0.610. The molecule has 0 radical (unpaired) electrons. The lowest BCUT2D eigenvalue weighted by Gasteiger charge is -2.48. The van der Waals surface area contributed by atoms with E-state index in [1.54, 1.807) is 0 Å². The van der Waals surface area contributed by atoms with Gasteiger partial charge in [0.05, 0.1) is 11.5 Å². The molecule has 4 nitrogen and oxygen atoms in total. The first-order valence-corrected chi connectivity index (χ1v) is 9.47. The van der Waals surface area contributed by atoms with Gasteiger partial charge in [-0.05, 0) is 25.8 Å². The lowest BCUT2D eigenvalue weighted by atomic mass is 9.91. The molecule has 3 unspecified atom stereocenters. The topological polar surface area (TPSA) is 49.4 Å². The Morgan fingerprint density at radius 3 is 2.62 bits per heavy atom. The van der Waals surface area contributed by atoms with Crippen molar-refractivity contribution in [2.45, 2.75) is 37.9 Å². The van der Waals surface area contributed by atoms with Crippen LogP contribution in [0.25, 0.3) is 0 Å². The molecule has 1 N–H and O–H groups in total. The minimum atomic E-state index is -2.89. The van der Waals surface area contributed by atoms with Crippen molar-refractivity contribution in [3.8, 4) is 0 Å². The predicted octanol–water partition coefficient (Wildman–Crippen LogP) is 1.60. The van der Waals surface area contributed by atoms with E-state index in [2.05, 4.69) is 48.3 Å². The number of hydrogen-bond donors (Lipinski definition) is 1. The molecule has 1 aromatic carbocycles. The van der Waals surface area contributed by atoms with Crippen LogP contribution in [0.2, 0.25) is 0 Å². The Bertz CT molecular complexity index is 602. The zero-order chi connectivity index (χ0) is 15.1.